The monoisotopic (exact) mass is 580 g/mol. The lowest BCUT2D eigenvalue weighted by atomic mass is 9.43. The third-order valence-electron chi connectivity index (χ3n) is 11.4. The molecule has 0 nitrogen and oxygen atoms in total. The first kappa shape index (κ1) is 30.5. The van der Waals surface area contributed by atoms with Gasteiger partial charge in [0.2, 0.25) is 0 Å². The normalized spacial score (nSPS) is 29.5. The van der Waals surface area contributed by atoms with Crippen LogP contribution < -0.4 is 0 Å². The Bertz CT molecular complexity index is 950. The standard InChI is InChI=1S/C38H54Cl2/c1-3-5-7-9-11-30-13-17-32(18-14-30)34-21-25-36(26-22-34)29-37(38(36,39)40)27-23-35(24-28-37)33-19-15-31(16-20-33)12-10-8-6-4-2/h13-20,34-35H,3-12,21-29H2,1-2H3. The quantitative estimate of drug-likeness (QED) is 0.173. The van der Waals surface area contributed by atoms with E-state index in [4.69, 9.17) is 23.2 Å². The zero-order valence-electron chi connectivity index (χ0n) is 25.5. The van der Waals surface area contributed by atoms with Crippen LogP contribution in [-0.2, 0) is 12.8 Å². The maximum absolute atomic E-state index is 7.41. The van der Waals surface area contributed by atoms with Crippen LogP contribution >= 0.6 is 23.2 Å². The molecule has 0 radical (unpaired) electrons. The molecule has 0 aromatic heterocycles. The molecule has 40 heavy (non-hydrogen) atoms. The summed E-state index contributed by atoms with van der Waals surface area (Å²) in [5, 5.41) is 0. The molecule has 3 aliphatic rings. The molecule has 0 aliphatic heterocycles. The Balaban J connectivity index is 1.10. The summed E-state index contributed by atoms with van der Waals surface area (Å²) in [6.07, 6.45) is 24.1. The molecule has 3 aliphatic carbocycles. The predicted octanol–water partition coefficient (Wildman–Crippen LogP) is 12.5. The molecule has 0 bridgehead atoms. The zero-order chi connectivity index (χ0) is 28.1. The highest BCUT2D eigenvalue weighted by Crippen LogP contribution is 2.77. The molecule has 0 saturated heterocycles. The van der Waals surface area contributed by atoms with Crippen LogP contribution in [0.2, 0.25) is 0 Å². The first-order valence-electron chi connectivity index (χ1n) is 17.0. The lowest BCUT2D eigenvalue weighted by molar-refractivity contribution is -0.107. The van der Waals surface area contributed by atoms with E-state index in [-0.39, 0.29) is 10.8 Å². The smallest absolute Gasteiger partial charge is 0.100 e. The van der Waals surface area contributed by atoms with Crippen LogP contribution in [0.15, 0.2) is 48.5 Å². The molecule has 5 rings (SSSR count). The average Bonchev–Trinajstić information content (AvgIpc) is 2.99. The summed E-state index contributed by atoms with van der Waals surface area (Å²) >= 11 is 14.8. The fourth-order valence-electron chi connectivity index (χ4n) is 8.74. The van der Waals surface area contributed by atoms with Gasteiger partial charge in [-0.1, -0.05) is 101 Å². The van der Waals surface area contributed by atoms with Gasteiger partial charge < -0.3 is 0 Å². The second-order valence-corrected chi connectivity index (χ2v) is 15.3. The Morgan fingerprint density at radius 3 is 1.25 bits per heavy atom. The van der Waals surface area contributed by atoms with Gasteiger partial charge >= 0.3 is 0 Å². The molecule has 2 aromatic rings. The topological polar surface area (TPSA) is 0 Å². The van der Waals surface area contributed by atoms with Crippen molar-refractivity contribution < 1.29 is 0 Å². The predicted molar refractivity (Wildman–Crippen MR) is 175 cm³/mol. The summed E-state index contributed by atoms with van der Waals surface area (Å²) in [7, 11) is 0. The van der Waals surface area contributed by atoms with Gasteiger partial charge in [-0.25, -0.2) is 0 Å². The molecular formula is C38H54Cl2. The fraction of sp³-hybridized carbons (Fsp3) is 0.684. The average molecular weight is 582 g/mol. The van der Waals surface area contributed by atoms with Crippen molar-refractivity contribution in [3.63, 3.8) is 0 Å². The van der Waals surface area contributed by atoms with Crippen LogP contribution in [0, 0.1) is 10.8 Å². The Kier molecular flexibility index (Phi) is 10.3. The van der Waals surface area contributed by atoms with Crippen LogP contribution in [0.25, 0.3) is 0 Å². The van der Waals surface area contributed by atoms with Crippen molar-refractivity contribution in [3.8, 4) is 0 Å². The highest BCUT2D eigenvalue weighted by atomic mass is 35.5. The molecule has 220 valence electrons. The number of aryl methyl sites for hydroxylation is 2. The second-order valence-electron chi connectivity index (χ2n) is 14.0. The molecule has 0 unspecified atom stereocenters. The van der Waals surface area contributed by atoms with Crippen molar-refractivity contribution >= 4 is 23.2 Å². The summed E-state index contributed by atoms with van der Waals surface area (Å²) in [5.74, 6) is 1.34. The summed E-state index contributed by atoms with van der Waals surface area (Å²) in [4.78, 5) is 0. The Hall–Kier alpha value is -0.980. The van der Waals surface area contributed by atoms with Gasteiger partial charge in [-0.05, 0) is 118 Å². The van der Waals surface area contributed by atoms with E-state index in [0.717, 1.165) is 0 Å². The van der Waals surface area contributed by atoms with Gasteiger partial charge in [-0.2, -0.15) is 0 Å². The number of hydrogen-bond donors (Lipinski definition) is 0. The molecule has 2 aromatic carbocycles. The minimum absolute atomic E-state index is 0.137. The van der Waals surface area contributed by atoms with Crippen molar-refractivity contribution in [2.45, 2.75) is 152 Å². The van der Waals surface area contributed by atoms with Crippen LogP contribution in [0.1, 0.15) is 157 Å². The Labute approximate surface area is 256 Å². The SMILES string of the molecule is CCCCCCc1ccc(C2CCC3(CC2)CC2(CCC(c4ccc(CCCCCC)cc4)CC2)C3(Cl)Cl)cc1. The van der Waals surface area contributed by atoms with E-state index in [9.17, 15) is 0 Å². The van der Waals surface area contributed by atoms with Gasteiger partial charge in [0.25, 0.3) is 0 Å². The van der Waals surface area contributed by atoms with E-state index in [2.05, 4.69) is 62.4 Å². The van der Waals surface area contributed by atoms with Crippen molar-refractivity contribution in [2.24, 2.45) is 10.8 Å². The van der Waals surface area contributed by atoms with E-state index in [1.165, 1.54) is 144 Å². The maximum Gasteiger partial charge on any atom is 0.129 e. The third-order valence-corrected chi connectivity index (χ3v) is 13.0. The van der Waals surface area contributed by atoms with Crippen LogP contribution in [0.4, 0.5) is 0 Å². The molecule has 2 spiro atoms. The minimum Gasteiger partial charge on any atom is -0.100 e. The number of halogens is 2. The van der Waals surface area contributed by atoms with E-state index in [0.29, 0.717) is 11.8 Å². The zero-order valence-corrected chi connectivity index (χ0v) is 27.0. The molecule has 0 N–H and O–H groups in total. The van der Waals surface area contributed by atoms with Crippen molar-refractivity contribution in [1.29, 1.82) is 0 Å². The first-order chi connectivity index (χ1) is 19.4. The third kappa shape index (κ3) is 6.34. The Morgan fingerprint density at radius 2 is 0.925 bits per heavy atom. The number of unbranched alkanes of at least 4 members (excludes halogenated alkanes) is 6. The number of alkyl halides is 2. The highest BCUT2D eigenvalue weighted by Gasteiger charge is 2.72. The largest absolute Gasteiger partial charge is 0.129 e. The Morgan fingerprint density at radius 1 is 0.550 bits per heavy atom. The van der Waals surface area contributed by atoms with E-state index >= 15 is 0 Å². The molecule has 0 atom stereocenters. The van der Waals surface area contributed by atoms with Crippen molar-refractivity contribution in [3.05, 3.63) is 70.8 Å². The highest BCUT2D eigenvalue weighted by molar-refractivity contribution is 6.50. The van der Waals surface area contributed by atoms with E-state index < -0.39 is 4.33 Å². The van der Waals surface area contributed by atoms with Gasteiger partial charge in [-0.15, -0.1) is 23.2 Å². The summed E-state index contributed by atoms with van der Waals surface area (Å²) in [6.45, 7) is 4.57. The molecular weight excluding hydrogens is 527 g/mol. The molecule has 3 fully saturated rings. The molecule has 0 amide bonds. The number of rotatable bonds is 12. The van der Waals surface area contributed by atoms with Crippen LogP contribution in [0.5, 0.6) is 0 Å². The van der Waals surface area contributed by atoms with E-state index in [1.807, 2.05) is 0 Å². The van der Waals surface area contributed by atoms with Crippen LogP contribution in [0.3, 0.4) is 0 Å². The van der Waals surface area contributed by atoms with Gasteiger partial charge in [0.15, 0.2) is 0 Å². The lowest BCUT2D eigenvalue weighted by Gasteiger charge is -2.69. The van der Waals surface area contributed by atoms with Crippen LogP contribution in [-0.4, -0.2) is 4.33 Å². The number of hydrogen-bond acceptors (Lipinski definition) is 0. The summed E-state index contributed by atoms with van der Waals surface area (Å²) in [6, 6.07) is 19.2. The first-order valence-corrected chi connectivity index (χ1v) is 17.7. The van der Waals surface area contributed by atoms with Gasteiger partial charge in [-0.3, -0.25) is 0 Å². The number of benzene rings is 2. The molecule has 3 saturated carbocycles. The van der Waals surface area contributed by atoms with Gasteiger partial charge in [0, 0.05) is 10.8 Å². The molecule has 0 heterocycles. The minimum atomic E-state index is -0.555. The fourth-order valence-corrected chi connectivity index (χ4v) is 9.76. The van der Waals surface area contributed by atoms with Gasteiger partial charge in [0.05, 0.1) is 0 Å². The van der Waals surface area contributed by atoms with Crippen molar-refractivity contribution in [1.82, 2.24) is 0 Å². The molecule has 2 heteroatoms. The lowest BCUT2D eigenvalue weighted by Crippen LogP contribution is -2.66. The second kappa shape index (κ2) is 13.5. The summed E-state index contributed by atoms with van der Waals surface area (Å²) < 4.78 is -0.555. The van der Waals surface area contributed by atoms with E-state index in [1.54, 1.807) is 0 Å². The van der Waals surface area contributed by atoms with Gasteiger partial charge in [0.1, 0.15) is 4.33 Å². The maximum atomic E-state index is 7.41. The summed E-state index contributed by atoms with van der Waals surface area (Å²) in [5.41, 5.74) is 6.34. The van der Waals surface area contributed by atoms with Crippen molar-refractivity contribution in [2.75, 3.05) is 0 Å².